The lowest BCUT2D eigenvalue weighted by Crippen LogP contribution is -2.57. The molecule has 0 saturated heterocycles. The fourth-order valence-corrected chi connectivity index (χ4v) is 3.44. The van der Waals surface area contributed by atoms with E-state index in [0.717, 1.165) is 10.9 Å². The van der Waals surface area contributed by atoms with Gasteiger partial charge in [-0.05, 0) is 18.1 Å². The van der Waals surface area contributed by atoms with Crippen molar-refractivity contribution in [2.75, 3.05) is 6.54 Å². The van der Waals surface area contributed by atoms with Gasteiger partial charge in [-0.25, -0.2) is 4.79 Å². The molecule has 36 heavy (non-hydrogen) atoms. The van der Waals surface area contributed by atoms with Crippen LogP contribution in [0.5, 0.6) is 0 Å². The molecule has 0 saturated carbocycles. The number of para-hydroxylation sites is 1. The third-order valence-electron chi connectivity index (χ3n) is 5.21. The zero-order valence-corrected chi connectivity index (χ0v) is 19.0. The lowest BCUT2D eigenvalue weighted by Gasteiger charge is -2.23. The molecule has 194 valence electrons. The fourth-order valence-electron chi connectivity index (χ4n) is 3.44. The number of carbonyl (C=O) groups excluding carboxylic acids is 3. The van der Waals surface area contributed by atoms with Crippen molar-refractivity contribution in [3.05, 3.63) is 36.0 Å². The maximum absolute atomic E-state index is 13.0. The van der Waals surface area contributed by atoms with Crippen LogP contribution >= 0.6 is 0 Å². The number of fused-ring (bicyclic) bond motifs is 1. The molecule has 0 fully saturated rings. The number of nitrogens with one attached hydrogen (secondary N) is 4. The molecule has 0 radical (unpaired) electrons. The molecule has 1 heterocycles. The summed E-state index contributed by atoms with van der Waals surface area (Å²) in [5, 5.41) is 34.7. The van der Waals surface area contributed by atoms with Crippen molar-refractivity contribution in [3.8, 4) is 0 Å². The van der Waals surface area contributed by atoms with Gasteiger partial charge in [0.05, 0.1) is 13.0 Å². The van der Waals surface area contributed by atoms with E-state index >= 15 is 0 Å². The first-order valence-electron chi connectivity index (χ1n) is 10.8. The van der Waals surface area contributed by atoms with Crippen LogP contribution in [0.4, 0.5) is 0 Å². The standard InChI is InChI=1S/C22H27N5O9/c23-9-17(28)25-15(7-11-10-24-13-4-2-1-3-12(11)13)20(33)27-16(8-19(31)32)21(34)26-14(22(35)36)5-6-18(29)30/h1-4,10,14-16,24H,5-9,23H2,(H,25,28)(H,26,34)(H,27,33)(H,29,30)(H,31,32)(H,35,36). The van der Waals surface area contributed by atoms with E-state index in [2.05, 4.69) is 20.9 Å². The molecule has 2 rings (SSSR count). The quantitative estimate of drug-likeness (QED) is 0.148. The molecule has 0 aliphatic carbocycles. The molecule has 2 aromatic rings. The largest absolute Gasteiger partial charge is 0.481 e. The number of nitrogens with two attached hydrogens (primary N) is 1. The number of carbonyl (C=O) groups is 6. The number of carboxylic acids is 3. The van der Waals surface area contributed by atoms with Gasteiger partial charge in [-0.15, -0.1) is 0 Å². The molecule has 0 bridgehead atoms. The molecular formula is C22H27N5O9. The lowest BCUT2D eigenvalue weighted by atomic mass is 10.0. The zero-order valence-electron chi connectivity index (χ0n) is 19.0. The predicted octanol–water partition coefficient (Wildman–Crippen LogP) is -1.45. The Kier molecular flexibility index (Phi) is 9.92. The predicted molar refractivity (Wildman–Crippen MR) is 124 cm³/mol. The van der Waals surface area contributed by atoms with Crippen molar-refractivity contribution < 1.29 is 44.1 Å². The van der Waals surface area contributed by atoms with Gasteiger partial charge in [-0.2, -0.15) is 0 Å². The average Bonchev–Trinajstić information content (AvgIpc) is 3.22. The van der Waals surface area contributed by atoms with E-state index in [9.17, 15) is 39.0 Å². The summed E-state index contributed by atoms with van der Waals surface area (Å²) in [5.74, 6) is -7.00. The van der Waals surface area contributed by atoms with Crippen LogP contribution in [-0.4, -0.2) is 80.6 Å². The molecular weight excluding hydrogens is 478 g/mol. The summed E-state index contributed by atoms with van der Waals surface area (Å²) in [6.07, 6.45) is -0.307. The third-order valence-corrected chi connectivity index (χ3v) is 5.21. The van der Waals surface area contributed by atoms with Crippen molar-refractivity contribution in [2.45, 2.75) is 43.8 Å². The highest BCUT2D eigenvalue weighted by Gasteiger charge is 2.31. The van der Waals surface area contributed by atoms with Gasteiger partial charge in [0.15, 0.2) is 0 Å². The van der Waals surface area contributed by atoms with E-state index in [1.165, 1.54) is 0 Å². The normalized spacial score (nSPS) is 13.2. The zero-order chi connectivity index (χ0) is 26.8. The first kappa shape index (κ1) is 27.8. The van der Waals surface area contributed by atoms with Gasteiger partial charge in [0.1, 0.15) is 18.1 Å². The van der Waals surface area contributed by atoms with Crippen LogP contribution in [0, 0.1) is 0 Å². The number of aromatic amines is 1. The minimum Gasteiger partial charge on any atom is -0.481 e. The van der Waals surface area contributed by atoms with E-state index < -0.39 is 79.6 Å². The first-order valence-corrected chi connectivity index (χ1v) is 10.8. The number of aliphatic carboxylic acids is 3. The Labute approximate surface area is 204 Å². The van der Waals surface area contributed by atoms with Gasteiger partial charge in [0.25, 0.3) is 0 Å². The van der Waals surface area contributed by atoms with Crippen LogP contribution in [0.2, 0.25) is 0 Å². The second kappa shape index (κ2) is 12.9. The highest BCUT2D eigenvalue weighted by atomic mass is 16.4. The van der Waals surface area contributed by atoms with Crippen molar-refractivity contribution in [1.82, 2.24) is 20.9 Å². The van der Waals surface area contributed by atoms with E-state index in [1.54, 1.807) is 24.4 Å². The van der Waals surface area contributed by atoms with E-state index in [0.29, 0.717) is 5.56 Å². The van der Waals surface area contributed by atoms with E-state index in [1.807, 2.05) is 6.07 Å². The Morgan fingerprint density at radius 1 is 0.861 bits per heavy atom. The molecule has 14 nitrogen and oxygen atoms in total. The van der Waals surface area contributed by atoms with Crippen molar-refractivity contribution >= 4 is 46.5 Å². The summed E-state index contributed by atoms with van der Waals surface area (Å²) in [7, 11) is 0. The van der Waals surface area contributed by atoms with E-state index in [4.69, 9.17) is 10.8 Å². The molecule has 3 amide bonds. The number of hydrogen-bond donors (Lipinski definition) is 8. The van der Waals surface area contributed by atoms with Crippen LogP contribution < -0.4 is 21.7 Å². The number of amides is 3. The monoisotopic (exact) mass is 505 g/mol. The summed E-state index contributed by atoms with van der Waals surface area (Å²) in [5.41, 5.74) is 6.78. The molecule has 14 heteroatoms. The maximum atomic E-state index is 13.0. The lowest BCUT2D eigenvalue weighted by molar-refractivity contribution is -0.144. The fraction of sp³-hybridized carbons (Fsp3) is 0.364. The summed E-state index contributed by atoms with van der Waals surface area (Å²) in [4.78, 5) is 74.1. The molecule has 0 aliphatic rings. The molecule has 9 N–H and O–H groups in total. The van der Waals surface area contributed by atoms with Crippen molar-refractivity contribution in [1.29, 1.82) is 0 Å². The summed E-state index contributed by atoms with van der Waals surface area (Å²) in [6, 6.07) is 2.62. The van der Waals surface area contributed by atoms with Crippen LogP contribution in [0.25, 0.3) is 10.9 Å². The van der Waals surface area contributed by atoms with Crippen LogP contribution in [-0.2, 0) is 35.2 Å². The Morgan fingerprint density at radius 3 is 2.11 bits per heavy atom. The summed E-state index contributed by atoms with van der Waals surface area (Å²) < 4.78 is 0. The van der Waals surface area contributed by atoms with Gasteiger partial charge < -0.3 is 42.0 Å². The highest BCUT2D eigenvalue weighted by molar-refractivity contribution is 5.96. The summed E-state index contributed by atoms with van der Waals surface area (Å²) in [6.45, 7) is -0.430. The second-order valence-electron chi connectivity index (χ2n) is 7.88. The highest BCUT2D eigenvalue weighted by Crippen LogP contribution is 2.19. The van der Waals surface area contributed by atoms with Gasteiger partial charge in [-0.3, -0.25) is 24.0 Å². The van der Waals surface area contributed by atoms with Crippen LogP contribution in [0.3, 0.4) is 0 Å². The second-order valence-corrected chi connectivity index (χ2v) is 7.88. The average molecular weight is 505 g/mol. The Hall–Kier alpha value is -4.46. The number of hydrogen-bond acceptors (Lipinski definition) is 7. The van der Waals surface area contributed by atoms with Gasteiger partial charge in [0.2, 0.25) is 17.7 Å². The number of carboxylic acid groups (broad SMARTS) is 3. The minimum atomic E-state index is -1.71. The van der Waals surface area contributed by atoms with E-state index in [-0.39, 0.29) is 6.42 Å². The van der Waals surface area contributed by atoms with Crippen LogP contribution in [0.15, 0.2) is 30.5 Å². The molecule has 3 atom stereocenters. The SMILES string of the molecule is NCC(=O)NC(Cc1c[nH]c2ccccc12)C(=O)NC(CC(=O)O)C(=O)NC(CCC(=O)O)C(=O)O. The van der Waals surface area contributed by atoms with Gasteiger partial charge in [0, 0.05) is 29.9 Å². The molecule has 0 spiro atoms. The number of rotatable bonds is 14. The summed E-state index contributed by atoms with van der Waals surface area (Å²) >= 11 is 0. The number of aromatic nitrogens is 1. The van der Waals surface area contributed by atoms with Gasteiger partial charge >= 0.3 is 17.9 Å². The Morgan fingerprint density at radius 2 is 1.50 bits per heavy atom. The number of H-pyrrole nitrogens is 1. The molecule has 0 aliphatic heterocycles. The smallest absolute Gasteiger partial charge is 0.326 e. The Balaban J connectivity index is 2.23. The third kappa shape index (κ3) is 8.09. The van der Waals surface area contributed by atoms with Crippen molar-refractivity contribution in [2.24, 2.45) is 5.73 Å². The van der Waals surface area contributed by atoms with Gasteiger partial charge in [-0.1, -0.05) is 18.2 Å². The molecule has 1 aromatic carbocycles. The Bertz CT molecular complexity index is 1150. The number of benzene rings is 1. The van der Waals surface area contributed by atoms with Crippen LogP contribution in [0.1, 0.15) is 24.8 Å². The maximum Gasteiger partial charge on any atom is 0.326 e. The molecule has 1 aromatic heterocycles. The van der Waals surface area contributed by atoms with Crippen molar-refractivity contribution in [3.63, 3.8) is 0 Å². The molecule has 3 unspecified atom stereocenters. The topological polar surface area (TPSA) is 241 Å². The first-order chi connectivity index (χ1) is 17.0. The minimum absolute atomic E-state index is 0.0284.